The molecule has 2 aromatic rings. The lowest BCUT2D eigenvalue weighted by atomic mass is 9.87. The van der Waals surface area contributed by atoms with Crippen LogP contribution in [-0.4, -0.2) is 24.5 Å². The Morgan fingerprint density at radius 3 is 2.78 bits per heavy atom. The number of benzene rings is 2. The zero-order valence-electron chi connectivity index (χ0n) is 13.2. The normalized spacial score (nSPS) is 16.5. The number of ether oxygens (including phenoxy) is 1. The summed E-state index contributed by atoms with van der Waals surface area (Å²) in [5.41, 5.74) is 2.64. The quantitative estimate of drug-likeness (QED) is 0.693. The molecule has 0 saturated carbocycles. The van der Waals surface area contributed by atoms with Gasteiger partial charge >= 0.3 is 0 Å². The molecule has 0 aliphatic heterocycles. The Morgan fingerprint density at radius 1 is 1.22 bits per heavy atom. The highest BCUT2D eigenvalue weighted by Gasteiger charge is 2.26. The molecule has 1 atom stereocenters. The Bertz CT molecular complexity index is 701. The molecule has 1 unspecified atom stereocenters. The van der Waals surface area contributed by atoms with Crippen molar-refractivity contribution in [3.8, 4) is 5.75 Å². The van der Waals surface area contributed by atoms with Gasteiger partial charge < -0.3 is 9.64 Å². The summed E-state index contributed by atoms with van der Waals surface area (Å²) in [5.74, 6) is 0.783. The van der Waals surface area contributed by atoms with Crippen molar-refractivity contribution < 1.29 is 9.53 Å². The van der Waals surface area contributed by atoms with Gasteiger partial charge in [-0.25, -0.2) is 0 Å². The van der Waals surface area contributed by atoms with E-state index in [-0.39, 0.29) is 18.6 Å². The van der Waals surface area contributed by atoms with Gasteiger partial charge in [0.2, 0.25) is 0 Å². The molecule has 0 N–H and O–H groups in total. The maximum atomic E-state index is 12.5. The lowest BCUT2D eigenvalue weighted by molar-refractivity contribution is -0.134. The molecule has 1 amide bonds. The topological polar surface area (TPSA) is 29.5 Å². The van der Waals surface area contributed by atoms with Crippen LogP contribution in [-0.2, 0) is 11.2 Å². The van der Waals surface area contributed by atoms with E-state index in [4.69, 9.17) is 4.74 Å². The van der Waals surface area contributed by atoms with Gasteiger partial charge in [0.05, 0.1) is 9.61 Å². The average Bonchev–Trinajstić information content (AvgIpc) is 2.59. The predicted octanol–water partition coefficient (Wildman–Crippen LogP) is 4.21. The monoisotopic (exact) mass is 421 g/mol. The van der Waals surface area contributed by atoms with E-state index >= 15 is 0 Å². The van der Waals surface area contributed by atoms with Crippen LogP contribution in [0.15, 0.2) is 48.5 Å². The molecule has 0 radical (unpaired) electrons. The van der Waals surface area contributed by atoms with Crippen molar-refractivity contribution in [1.82, 2.24) is 4.90 Å². The van der Waals surface area contributed by atoms with Crippen LogP contribution in [0.5, 0.6) is 5.75 Å². The van der Waals surface area contributed by atoms with Gasteiger partial charge in [-0.1, -0.05) is 36.4 Å². The lowest BCUT2D eigenvalue weighted by Crippen LogP contribution is -2.36. The summed E-state index contributed by atoms with van der Waals surface area (Å²) >= 11 is 2.22. The van der Waals surface area contributed by atoms with E-state index in [2.05, 4.69) is 46.9 Å². The molecule has 0 aromatic heterocycles. The van der Waals surface area contributed by atoms with Crippen LogP contribution in [0.4, 0.5) is 0 Å². The number of rotatable bonds is 4. The fraction of sp³-hybridized carbons (Fsp3) is 0.316. The maximum absolute atomic E-state index is 12.5. The summed E-state index contributed by atoms with van der Waals surface area (Å²) in [6.07, 6.45) is 3.24. The average molecular weight is 421 g/mol. The van der Waals surface area contributed by atoms with Crippen LogP contribution in [0.25, 0.3) is 0 Å². The van der Waals surface area contributed by atoms with Crippen LogP contribution in [0, 0.1) is 3.57 Å². The lowest BCUT2D eigenvalue weighted by Gasteiger charge is -2.33. The second-order valence-corrected chi connectivity index (χ2v) is 6.99. The van der Waals surface area contributed by atoms with Crippen LogP contribution >= 0.6 is 22.6 Å². The summed E-state index contributed by atoms with van der Waals surface area (Å²) in [4.78, 5) is 14.4. The Labute approximate surface area is 150 Å². The van der Waals surface area contributed by atoms with Crippen molar-refractivity contribution in [2.24, 2.45) is 0 Å². The van der Waals surface area contributed by atoms with Crippen molar-refractivity contribution in [3.05, 3.63) is 63.2 Å². The first kappa shape index (κ1) is 16.3. The highest BCUT2D eigenvalue weighted by molar-refractivity contribution is 14.1. The number of nitrogens with zero attached hydrogens (tertiary/aromatic N) is 1. The fourth-order valence-corrected chi connectivity index (χ4v) is 3.65. The molecule has 3 rings (SSSR count). The number of aryl methyl sites for hydroxylation is 1. The minimum absolute atomic E-state index is 0.0198. The molecule has 2 aromatic carbocycles. The molecule has 0 bridgehead atoms. The SMILES string of the molecule is CN(C(=O)COc1ccccc1I)C1CCCc2ccccc21. The largest absolute Gasteiger partial charge is 0.483 e. The van der Waals surface area contributed by atoms with E-state index in [0.717, 1.165) is 28.6 Å². The fourth-order valence-electron chi connectivity index (χ4n) is 3.11. The van der Waals surface area contributed by atoms with Gasteiger partial charge in [0.1, 0.15) is 5.75 Å². The third kappa shape index (κ3) is 3.68. The van der Waals surface area contributed by atoms with E-state index in [1.54, 1.807) is 0 Å². The van der Waals surface area contributed by atoms with Crippen molar-refractivity contribution >= 4 is 28.5 Å². The number of halogens is 1. The Kier molecular flexibility index (Phi) is 5.20. The number of hydrogen-bond donors (Lipinski definition) is 0. The second kappa shape index (κ2) is 7.34. The third-order valence-electron chi connectivity index (χ3n) is 4.39. The van der Waals surface area contributed by atoms with Gasteiger partial charge in [0.25, 0.3) is 5.91 Å². The third-order valence-corrected chi connectivity index (χ3v) is 5.28. The summed E-state index contributed by atoms with van der Waals surface area (Å²) in [6, 6.07) is 16.3. The number of fused-ring (bicyclic) bond motifs is 1. The van der Waals surface area contributed by atoms with Crippen LogP contribution in [0.3, 0.4) is 0 Å². The molecule has 1 aliphatic rings. The van der Waals surface area contributed by atoms with Crippen molar-refractivity contribution in [1.29, 1.82) is 0 Å². The van der Waals surface area contributed by atoms with Gasteiger partial charge in [0.15, 0.2) is 6.61 Å². The first-order valence-electron chi connectivity index (χ1n) is 7.87. The number of hydrogen-bond acceptors (Lipinski definition) is 2. The molecule has 0 fully saturated rings. The summed E-state index contributed by atoms with van der Waals surface area (Å²) in [7, 11) is 1.88. The highest BCUT2D eigenvalue weighted by Crippen LogP contribution is 2.33. The molecule has 120 valence electrons. The summed E-state index contributed by atoms with van der Waals surface area (Å²) in [5, 5.41) is 0. The maximum Gasteiger partial charge on any atom is 0.260 e. The minimum atomic E-state index is 0.0198. The Hall–Kier alpha value is -1.56. The Balaban J connectivity index is 1.68. The molecule has 3 nitrogen and oxygen atoms in total. The molecular weight excluding hydrogens is 401 g/mol. The minimum Gasteiger partial charge on any atom is -0.483 e. The van der Waals surface area contributed by atoms with E-state index < -0.39 is 0 Å². The second-order valence-electron chi connectivity index (χ2n) is 5.83. The number of para-hydroxylation sites is 1. The number of carbonyl (C=O) groups excluding carboxylic acids is 1. The number of amides is 1. The van der Waals surface area contributed by atoms with E-state index in [0.29, 0.717) is 0 Å². The van der Waals surface area contributed by atoms with Crippen LogP contribution in [0.2, 0.25) is 0 Å². The number of carbonyl (C=O) groups is 1. The highest BCUT2D eigenvalue weighted by atomic mass is 127. The standard InChI is InChI=1S/C19H20INO2/c1-21(17-11-6-8-14-7-2-3-9-15(14)17)19(22)13-23-18-12-5-4-10-16(18)20/h2-5,7,9-10,12,17H,6,8,11,13H2,1H3. The van der Waals surface area contributed by atoms with E-state index in [9.17, 15) is 4.79 Å². The molecule has 0 heterocycles. The molecule has 0 spiro atoms. The predicted molar refractivity (Wildman–Crippen MR) is 99.5 cm³/mol. The van der Waals surface area contributed by atoms with Crippen LogP contribution in [0.1, 0.15) is 30.0 Å². The number of likely N-dealkylation sites (N-methyl/N-ethyl adjacent to an activating group) is 1. The van der Waals surface area contributed by atoms with Crippen molar-refractivity contribution in [2.45, 2.75) is 25.3 Å². The Morgan fingerprint density at radius 2 is 1.96 bits per heavy atom. The van der Waals surface area contributed by atoms with Gasteiger partial charge in [-0.3, -0.25) is 4.79 Å². The van der Waals surface area contributed by atoms with Gasteiger partial charge in [-0.15, -0.1) is 0 Å². The van der Waals surface area contributed by atoms with E-state index in [1.165, 1.54) is 11.1 Å². The summed E-state index contributed by atoms with van der Waals surface area (Å²) < 4.78 is 6.72. The summed E-state index contributed by atoms with van der Waals surface area (Å²) in [6.45, 7) is 0.0786. The molecular formula is C19H20INO2. The zero-order chi connectivity index (χ0) is 16.2. The van der Waals surface area contributed by atoms with Gasteiger partial charge in [0, 0.05) is 7.05 Å². The molecule has 4 heteroatoms. The van der Waals surface area contributed by atoms with Gasteiger partial charge in [-0.05, 0) is 65.1 Å². The smallest absolute Gasteiger partial charge is 0.260 e. The molecule has 0 saturated heterocycles. The zero-order valence-corrected chi connectivity index (χ0v) is 15.3. The van der Waals surface area contributed by atoms with Gasteiger partial charge in [-0.2, -0.15) is 0 Å². The first-order chi connectivity index (χ1) is 11.2. The first-order valence-corrected chi connectivity index (χ1v) is 8.95. The van der Waals surface area contributed by atoms with E-state index in [1.807, 2.05) is 36.2 Å². The van der Waals surface area contributed by atoms with Crippen molar-refractivity contribution in [2.75, 3.05) is 13.7 Å². The van der Waals surface area contributed by atoms with Crippen LogP contribution < -0.4 is 4.74 Å². The molecule has 23 heavy (non-hydrogen) atoms. The van der Waals surface area contributed by atoms with Crippen molar-refractivity contribution in [3.63, 3.8) is 0 Å². The molecule has 1 aliphatic carbocycles.